The number of pyridine rings is 1. The molecule has 0 saturated carbocycles. The lowest BCUT2D eigenvalue weighted by atomic mass is 9.95. The number of hydrogen-bond acceptors (Lipinski definition) is 5. The summed E-state index contributed by atoms with van der Waals surface area (Å²) in [7, 11) is 0. The Balaban J connectivity index is 1.62. The Morgan fingerprint density at radius 1 is 1.21 bits per heavy atom. The van der Waals surface area contributed by atoms with Crippen LogP contribution in [0.2, 0.25) is 0 Å². The first-order chi connectivity index (χ1) is 16.0. The molecule has 8 heteroatoms. The molecule has 1 fully saturated rings. The average molecular weight is 447 g/mol. The molecule has 33 heavy (non-hydrogen) atoms. The maximum Gasteiger partial charge on any atom is 0.253 e. The van der Waals surface area contributed by atoms with Crippen LogP contribution in [0.25, 0.3) is 10.9 Å². The summed E-state index contributed by atoms with van der Waals surface area (Å²) >= 11 is 0. The van der Waals surface area contributed by atoms with Gasteiger partial charge in [-0.1, -0.05) is 37.3 Å². The van der Waals surface area contributed by atoms with Crippen molar-refractivity contribution in [2.75, 3.05) is 13.1 Å². The number of rotatable bonds is 5. The molecular weight excluding hydrogens is 419 g/mol. The number of aryl methyl sites for hydroxylation is 1. The second-order valence-electron chi connectivity index (χ2n) is 9.06. The molecule has 0 radical (unpaired) electrons. The Bertz CT molecular complexity index is 1330. The predicted molar refractivity (Wildman–Crippen MR) is 124 cm³/mol. The maximum atomic E-state index is 13.4. The van der Waals surface area contributed by atoms with Crippen molar-refractivity contribution in [1.29, 1.82) is 0 Å². The van der Waals surface area contributed by atoms with Gasteiger partial charge in [0.15, 0.2) is 5.82 Å². The van der Waals surface area contributed by atoms with Gasteiger partial charge >= 0.3 is 0 Å². The van der Waals surface area contributed by atoms with E-state index in [1.54, 1.807) is 16.8 Å². The lowest BCUT2D eigenvalue weighted by molar-refractivity contribution is 0.141. The number of likely N-dealkylation sites (tertiary alicyclic amines) is 1. The van der Waals surface area contributed by atoms with Crippen molar-refractivity contribution < 1.29 is 4.39 Å². The highest BCUT2D eigenvalue weighted by atomic mass is 19.1. The van der Waals surface area contributed by atoms with Crippen LogP contribution in [0, 0.1) is 18.7 Å². The molecule has 0 bridgehead atoms. The zero-order valence-corrected chi connectivity index (χ0v) is 18.8. The van der Waals surface area contributed by atoms with Gasteiger partial charge in [-0.05, 0) is 77.4 Å². The molecule has 0 aliphatic carbocycles. The fraction of sp³-hybridized carbons (Fsp3) is 0.360. The number of fused-ring (bicyclic) bond motifs is 1. The number of benzene rings is 2. The third kappa shape index (κ3) is 4.30. The molecule has 1 aliphatic rings. The van der Waals surface area contributed by atoms with Crippen molar-refractivity contribution >= 4 is 10.9 Å². The summed E-state index contributed by atoms with van der Waals surface area (Å²) in [4.78, 5) is 18.8. The molecule has 1 N–H and O–H groups in total. The second kappa shape index (κ2) is 8.86. The third-order valence-electron chi connectivity index (χ3n) is 6.51. The lowest BCUT2D eigenvalue weighted by Gasteiger charge is -2.36. The summed E-state index contributed by atoms with van der Waals surface area (Å²) in [6, 6.07) is 13.9. The fourth-order valence-electron chi connectivity index (χ4n) is 4.85. The molecule has 4 aromatic rings. The van der Waals surface area contributed by atoms with Crippen LogP contribution in [0.1, 0.15) is 48.3 Å². The van der Waals surface area contributed by atoms with E-state index in [9.17, 15) is 9.18 Å². The van der Waals surface area contributed by atoms with E-state index in [1.165, 1.54) is 12.1 Å². The first kappa shape index (κ1) is 21.5. The highest BCUT2D eigenvalue weighted by molar-refractivity contribution is 5.82. The summed E-state index contributed by atoms with van der Waals surface area (Å²) in [5, 5.41) is 13.5. The van der Waals surface area contributed by atoms with E-state index in [1.807, 2.05) is 31.2 Å². The van der Waals surface area contributed by atoms with Crippen LogP contribution in [0.3, 0.4) is 0 Å². The Kier molecular flexibility index (Phi) is 5.76. The van der Waals surface area contributed by atoms with Crippen LogP contribution in [0.4, 0.5) is 4.39 Å². The van der Waals surface area contributed by atoms with Crippen molar-refractivity contribution in [3.05, 3.63) is 87.2 Å². The van der Waals surface area contributed by atoms with E-state index >= 15 is 0 Å². The first-order valence-corrected chi connectivity index (χ1v) is 11.4. The molecule has 2 aromatic heterocycles. The van der Waals surface area contributed by atoms with E-state index in [-0.39, 0.29) is 17.4 Å². The topological polar surface area (TPSA) is 79.7 Å². The molecule has 5 rings (SSSR count). The minimum Gasteiger partial charge on any atom is -0.321 e. The summed E-state index contributed by atoms with van der Waals surface area (Å²) in [5.74, 6) is 0.851. The van der Waals surface area contributed by atoms with Crippen LogP contribution < -0.4 is 5.56 Å². The smallest absolute Gasteiger partial charge is 0.253 e. The summed E-state index contributed by atoms with van der Waals surface area (Å²) in [6.07, 6.45) is 2.22. The van der Waals surface area contributed by atoms with E-state index < -0.39 is 0 Å². The van der Waals surface area contributed by atoms with E-state index in [0.29, 0.717) is 23.9 Å². The number of H-pyrrole nitrogens is 1. The number of aromatic nitrogens is 5. The van der Waals surface area contributed by atoms with Gasteiger partial charge in [-0.2, -0.15) is 0 Å². The second-order valence-corrected chi connectivity index (χ2v) is 9.06. The van der Waals surface area contributed by atoms with Gasteiger partial charge in [-0.3, -0.25) is 9.69 Å². The van der Waals surface area contributed by atoms with Crippen molar-refractivity contribution in [3.63, 3.8) is 0 Å². The molecule has 0 amide bonds. The van der Waals surface area contributed by atoms with Crippen LogP contribution in [0.15, 0.2) is 53.3 Å². The minimum absolute atomic E-state index is 0.128. The SMILES string of the molecule is Cc1cccc2cc([C@@H](c3nnnn3Cc3ccc(F)cc3)N3CCC[C@@H](C)C3)c(=O)[nH]c12. The zero-order chi connectivity index (χ0) is 22.9. The van der Waals surface area contributed by atoms with Gasteiger partial charge < -0.3 is 4.98 Å². The van der Waals surface area contributed by atoms with Gasteiger partial charge in [0.05, 0.1) is 12.1 Å². The lowest BCUT2D eigenvalue weighted by Crippen LogP contribution is -2.41. The van der Waals surface area contributed by atoms with E-state index in [4.69, 9.17) is 0 Å². The standard InChI is InChI=1S/C25H27FN6O/c1-16-5-4-12-31(14-16)23(21-13-19-7-3-6-17(2)22(19)27-25(21)33)24-28-29-30-32(24)15-18-8-10-20(26)11-9-18/h3,6-11,13,16,23H,4-5,12,14-15H2,1-2H3,(H,27,33)/t16-,23+/m1/s1. The van der Waals surface area contributed by atoms with Crippen LogP contribution >= 0.6 is 0 Å². The van der Waals surface area contributed by atoms with Gasteiger partial charge in [-0.15, -0.1) is 5.10 Å². The summed E-state index contributed by atoms with van der Waals surface area (Å²) in [6.45, 7) is 6.35. The molecule has 2 atom stereocenters. The van der Waals surface area contributed by atoms with Crippen molar-refractivity contribution in [3.8, 4) is 0 Å². The number of hydrogen-bond donors (Lipinski definition) is 1. The number of para-hydroxylation sites is 1. The normalized spacial score (nSPS) is 18.0. The molecule has 170 valence electrons. The Morgan fingerprint density at radius 3 is 2.82 bits per heavy atom. The molecule has 1 aliphatic heterocycles. The number of tetrazole rings is 1. The highest BCUT2D eigenvalue weighted by Crippen LogP contribution is 2.31. The number of halogens is 1. The highest BCUT2D eigenvalue weighted by Gasteiger charge is 2.32. The molecule has 3 heterocycles. The van der Waals surface area contributed by atoms with Crippen molar-refractivity contribution in [1.82, 2.24) is 30.1 Å². The van der Waals surface area contributed by atoms with Crippen molar-refractivity contribution in [2.24, 2.45) is 5.92 Å². The molecule has 0 spiro atoms. The Labute approximate surface area is 191 Å². The van der Waals surface area contributed by atoms with E-state index in [2.05, 4.69) is 32.3 Å². The molecule has 0 unspecified atom stereocenters. The minimum atomic E-state index is -0.378. The van der Waals surface area contributed by atoms with Crippen LogP contribution in [-0.4, -0.2) is 43.2 Å². The van der Waals surface area contributed by atoms with E-state index in [0.717, 1.165) is 48.0 Å². The molecular formula is C25H27FN6O. The first-order valence-electron chi connectivity index (χ1n) is 11.4. The Hall–Kier alpha value is -3.39. The summed E-state index contributed by atoms with van der Waals surface area (Å²) < 4.78 is 15.1. The van der Waals surface area contributed by atoms with Gasteiger partial charge in [0, 0.05) is 12.1 Å². The third-order valence-corrected chi connectivity index (χ3v) is 6.51. The molecule has 1 saturated heterocycles. The number of nitrogens with zero attached hydrogens (tertiary/aromatic N) is 5. The van der Waals surface area contributed by atoms with Gasteiger partial charge in [0.1, 0.15) is 11.9 Å². The number of aromatic amines is 1. The largest absolute Gasteiger partial charge is 0.321 e. The van der Waals surface area contributed by atoms with Crippen molar-refractivity contribution in [2.45, 2.75) is 39.3 Å². The molecule has 2 aromatic carbocycles. The Morgan fingerprint density at radius 2 is 2.03 bits per heavy atom. The fourth-order valence-corrected chi connectivity index (χ4v) is 4.85. The van der Waals surface area contributed by atoms with Gasteiger partial charge in [-0.25, -0.2) is 9.07 Å². The maximum absolute atomic E-state index is 13.4. The predicted octanol–water partition coefficient (Wildman–Crippen LogP) is 3.83. The van der Waals surface area contributed by atoms with Gasteiger partial charge in [0.25, 0.3) is 5.56 Å². The number of nitrogens with one attached hydrogen (secondary N) is 1. The van der Waals surface area contributed by atoms with Crippen LogP contribution in [0.5, 0.6) is 0 Å². The summed E-state index contributed by atoms with van der Waals surface area (Å²) in [5.41, 5.74) is 3.27. The molecule has 7 nitrogen and oxygen atoms in total. The average Bonchev–Trinajstić information content (AvgIpc) is 3.24. The zero-order valence-electron chi connectivity index (χ0n) is 18.8. The van der Waals surface area contributed by atoms with Crippen LogP contribution in [-0.2, 0) is 6.54 Å². The number of piperidine rings is 1. The quantitative estimate of drug-likeness (QED) is 0.504. The van der Waals surface area contributed by atoms with Gasteiger partial charge in [0.2, 0.25) is 0 Å². The monoisotopic (exact) mass is 446 g/mol.